The molecule has 0 aromatic rings. The molecule has 0 radical (unpaired) electrons. The summed E-state index contributed by atoms with van der Waals surface area (Å²) >= 11 is 0. The highest BCUT2D eigenvalue weighted by Crippen LogP contribution is 2.13. The van der Waals surface area contributed by atoms with Gasteiger partial charge in [-0.15, -0.1) is 0 Å². The van der Waals surface area contributed by atoms with Gasteiger partial charge in [-0.2, -0.15) is 0 Å². The van der Waals surface area contributed by atoms with Crippen LogP contribution in [0.2, 0.25) is 0 Å². The van der Waals surface area contributed by atoms with Gasteiger partial charge in [0.15, 0.2) is 0 Å². The van der Waals surface area contributed by atoms with Crippen LogP contribution < -0.4 is 10.6 Å². The second kappa shape index (κ2) is 11.4. The van der Waals surface area contributed by atoms with E-state index in [-0.39, 0.29) is 23.9 Å². The molecule has 0 amide bonds. The highest BCUT2D eigenvalue weighted by Gasteiger charge is 2.31. The van der Waals surface area contributed by atoms with Crippen LogP contribution in [0.1, 0.15) is 79.1 Å². The van der Waals surface area contributed by atoms with Gasteiger partial charge in [0.2, 0.25) is 0 Å². The minimum Gasteiger partial charge on any atom is -0.481 e. The molecule has 1 heterocycles. The van der Waals surface area contributed by atoms with E-state index in [1.54, 1.807) is 0 Å². The van der Waals surface area contributed by atoms with Crippen LogP contribution in [-0.2, 0) is 9.59 Å². The lowest BCUT2D eigenvalue weighted by Crippen LogP contribution is -2.65. The fraction of sp³-hybridized carbons (Fsp3) is 0.889. The van der Waals surface area contributed by atoms with E-state index in [1.807, 2.05) is 0 Å². The third kappa shape index (κ3) is 14.5. The number of rotatable bonds is 9. The van der Waals surface area contributed by atoms with Gasteiger partial charge in [-0.3, -0.25) is 9.59 Å². The van der Waals surface area contributed by atoms with E-state index < -0.39 is 11.9 Å². The van der Waals surface area contributed by atoms with Crippen molar-refractivity contribution in [1.82, 2.24) is 10.6 Å². The number of carboxylic acid groups (broad SMARTS) is 2. The number of carbonyl (C=O) groups is 2. The number of aliphatic carboxylic acids is 2. The lowest BCUT2D eigenvalue weighted by Gasteiger charge is -2.42. The van der Waals surface area contributed by atoms with Crippen molar-refractivity contribution in [3.8, 4) is 0 Å². The molecule has 1 fully saturated rings. The molecule has 1 rings (SSSR count). The van der Waals surface area contributed by atoms with E-state index in [9.17, 15) is 9.59 Å². The van der Waals surface area contributed by atoms with Crippen molar-refractivity contribution in [2.24, 2.45) is 0 Å². The summed E-state index contributed by atoms with van der Waals surface area (Å²) in [6.07, 6.45) is 5.82. The number of piperazine rings is 1. The SMILES string of the molecule is CC1(C)CNCC(C)(C)N1.O=C(O)CCCCCCCCC(=O)O. The Kier molecular flexibility index (Phi) is 10.9. The van der Waals surface area contributed by atoms with E-state index in [4.69, 9.17) is 10.2 Å². The summed E-state index contributed by atoms with van der Waals surface area (Å²) in [5, 5.41) is 23.7. The van der Waals surface area contributed by atoms with Gasteiger partial charge in [0.1, 0.15) is 0 Å². The topological polar surface area (TPSA) is 98.7 Å². The first kappa shape index (κ1) is 22.9. The molecule has 6 heteroatoms. The second-order valence-corrected chi connectivity index (χ2v) is 7.91. The van der Waals surface area contributed by atoms with E-state index in [1.165, 1.54) is 0 Å². The number of hydrogen-bond acceptors (Lipinski definition) is 4. The number of hydrogen-bond donors (Lipinski definition) is 4. The van der Waals surface area contributed by atoms with E-state index in [2.05, 4.69) is 38.3 Å². The maximum absolute atomic E-state index is 10.1. The normalized spacial score (nSPS) is 18.3. The Bertz CT molecular complexity index is 347. The summed E-state index contributed by atoms with van der Waals surface area (Å²) in [6, 6.07) is 0. The summed E-state index contributed by atoms with van der Waals surface area (Å²) in [4.78, 5) is 20.3. The third-order valence-corrected chi connectivity index (χ3v) is 3.84. The molecule has 4 N–H and O–H groups in total. The molecular weight excluding hydrogens is 308 g/mol. The van der Waals surface area contributed by atoms with Gasteiger partial charge in [-0.1, -0.05) is 25.7 Å². The van der Waals surface area contributed by atoms with Gasteiger partial charge in [0, 0.05) is 37.0 Å². The van der Waals surface area contributed by atoms with Crippen molar-refractivity contribution >= 4 is 11.9 Å². The predicted octanol–water partition coefficient (Wildman–Crippen LogP) is 3.01. The molecule has 1 aliphatic heterocycles. The van der Waals surface area contributed by atoms with Crippen LogP contribution in [0.5, 0.6) is 0 Å². The van der Waals surface area contributed by atoms with Crippen LogP contribution >= 0.6 is 0 Å². The Hall–Kier alpha value is -1.14. The van der Waals surface area contributed by atoms with Crippen LogP contribution in [0.4, 0.5) is 0 Å². The van der Waals surface area contributed by atoms with Crippen molar-refractivity contribution in [1.29, 1.82) is 0 Å². The van der Waals surface area contributed by atoms with Crippen molar-refractivity contribution < 1.29 is 19.8 Å². The first-order valence-electron chi connectivity index (χ1n) is 8.98. The molecule has 0 saturated carbocycles. The monoisotopic (exact) mass is 344 g/mol. The zero-order chi connectivity index (χ0) is 18.6. The average Bonchev–Trinajstić information content (AvgIpc) is 2.39. The summed E-state index contributed by atoms with van der Waals surface area (Å²) in [6.45, 7) is 11.0. The van der Waals surface area contributed by atoms with Crippen LogP contribution in [0.25, 0.3) is 0 Å². The molecule has 1 saturated heterocycles. The Morgan fingerprint density at radius 3 is 1.33 bits per heavy atom. The first-order chi connectivity index (χ1) is 11.0. The van der Waals surface area contributed by atoms with Crippen molar-refractivity contribution in [2.45, 2.75) is 90.1 Å². The lowest BCUT2D eigenvalue weighted by atomic mass is 9.93. The van der Waals surface area contributed by atoms with Crippen LogP contribution in [0, 0.1) is 0 Å². The van der Waals surface area contributed by atoms with Crippen LogP contribution in [0.15, 0.2) is 0 Å². The van der Waals surface area contributed by atoms with Gasteiger partial charge in [-0.25, -0.2) is 0 Å². The molecule has 0 aromatic heterocycles. The quantitative estimate of drug-likeness (QED) is 0.480. The number of nitrogens with one attached hydrogen (secondary N) is 2. The average molecular weight is 344 g/mol. The zero-order valence-electron chi connectivity index (χ0n) is 15.8. The van der Waals surface area contributed by atoms with Gasteiger partial charge in [0.05, 0.1) is 0 Å². The summed E-state index contributed by atoms with van der Waals surface area (Å²) in [7, 11) is 0. The smallest absolute Gasteiger partial charge is 0.303 e. The lowest BCUT2D eigenvalue weighted by molar-refractivity contribution is -0.138. The molecule has 1 aliphatic rings. The maximum Gasteiger partial charge on any atom is 0.303 e. The Morgan fingerprint density at radius 2 is 1.08 bits per heavy atom. The Morgan fingerprint density at radius 1 is 0.750 bits per heavy atom. The summed E-state index contributed by atoms with van der Waals surface area (Å²) < 4.78 is 0. The molecule has 0 aliphatic carbocycles. The fourth-order valence-electron chi connectivity index (χ4n) is 2.95. The largest absolute Gasteiger partial charge is 0.481 e. The standard InChI is InChI=1S/C10H18O4.C8H18N2/c11-9(12)7-5-3-1-2-4-6-8-10(13)14;1-7(2)5-9-6-8(3,4)10-7/h1-8H2,(H,11,12)(H,13,14);9-10H,5-6H2,1-4H3. The van der Waals surface area contributed by atoms with Gasteiger partial charge < -0.3 is 20.8 Å². The third-order valence-electron chi connectivity index (χ3n) is 3.84. The minimum atomic E-state index is -0.740. The van der Waals surface area contributed by atoms with Gasteiger partial charge in [-0.05, 0) is 40.5 Å². The summed E-state index contributed by atoms with van der Waals surface area (Å²) in [5.41, 5.74) is 0.503. The van der Waals surface area contributed by atoms with Gasteiger partial charge in [0.25, 0.3) is 0 Å². The first-order valence-corrected chi connectivity index (χ1v) is 8.98. The van der Waals surface area contributed by atoms with Crippen molar-refractivity contribution in [3.05, 3.63) is 0 Å². The van der Waals surface area contributed by atoms with Crippen molar-refractivity contribution in [2.75, 3.05) is 13.1 Å². The minimum absolute atomic E-state index is 0.245. The van der Waals surface area contributed by atoms with E-state index in [0.717, 1.165) is 51.6 Å². The second-order valence-electron chi connectivity index (χ2n) is 7.91. The molecule has 0 unspecified atom stereocenters. The highest BCUT2D eigenvalue weighted by molar-refractivity contribution is 5.66. The molecule has 0 atom stereocenters. The summed E-state index contributed by atoms with van der Waals surface area (Å²) in [5.74, 6) is -1.48. The van der Waals surface area contributed by atoms with E-state index in [0.29, 0.717) is 0 Å². The molecule has 0 aromatic carbocycles. The van der Waals surface area contributed by atoms with Crippen LogP contribution in [0.3, 0.4) is 0 Å². The zero-order valence-corrected chi connectivity index (χ0v) is 15.8. The van der Waals surface area contributed by atoms with Crippen molar-refractivity contribution in [3.63, 3.8) is 0 Å². The molecule has 142 valence electrons. The fourth-order valence-corrected chi connectivity index (χ4v) is 2.95. The predicted molar refractivity (Wildman–Crippen MR) is 96.4 cm³/mol. The molecule has 0 bridgehead atoms. The van der Waals surface area contributed by atoms with Crippen LogP contribution in [-0.4, -0.2) is 46.3 Å². The maximum atomic E-state index is 10.1. The number of unbranched alkanes of at least 4 members (excludes halogenated alkanes) is 5. The Labute approximate surface area is 146 Å². The molecular formula is C18H36N2O4. The molecule has 24 heavy (non-hydrogen) atoms. The molecule has 0 spiro atoms. The molecule has 6 nitrogen and oxygen atoms in total. The highest BCUT2D eigenvalue weighted by atomic mass is 16.4. The van der Waals surface area contributed by atoms with E-state index >= 15 is 0 Å². The number of carboxylic acids is 2. The Balaban J connectivity index is 0.000000463. The van der Waals surface area contributed by atoms with Gasteiger partial charge >= 0.3 is 11.9 Å².